The monoisotopic (exact) mass is 331 g/mol. The summed E-state index contributed by atoms with van der Waals surface area (Å²) in [5, 5.41) is 9.09. The fourth-order valence-electron chi connectivity index (χ4n) is 3.56. The molecule has 3 unspecified atom stereocenters. The molecule has 5 nitrogen and oxygen atoms in total. The Morgan fingerprint density at radius 1 is 1.12 bits per heavy atom. The molecular formula is C19H25NO4. The number of rotatable bonds is 7. The number of benzene rings is 1. The average molecular weight is 331 g/mol. The lowest BCUT2D eigenvalue weighted by Gasteiger charge is -2.34. The first-order valence-electron chi connectivity index (χ1n) is 8.82. The highest BCUT2D eigenvalue weighted by Crippen LogP contribution is 2.36. The third-order valence-electron chi connectivity index (χ3n) is 5.17. The Morgan fingerprint density at radius 3 is 2.54 bits per heavy atom. The van der Waals surface area contributed by atoms with Crippen LogP contribution in [0.5, 0.6) is 0 Å². The number of carbonyl (C=O) groups is 2. The maximum absolute atomic E-state index is 12.4. The molecule has 1 aromatic carbocycles. The van der Waals surface area contributed by atoms with Gasteiger partial charge in [-0.2, -0.15) is 0 Å². The first-order chi connectivity index (χ1) is 11.6. The molecule has 0 bridgehead atoms. The zero-order valence-electron chi connectivity index (χ0n) is 13.9. The largest absolute Gasteiger partial charge is 0.481 e. The van der Waals surface area contributed by atoms with Gasteiger partial charge < -0.3 is 14.7 Å². The first kappa shape index (κ1) is 17.0. The molecule has 24 heavy (non-hydrogen) atoms. The van der Waals surface area contributed by atoms with Crippen LogP contribution in [0.15, 0.2) is 30.3 Å². The van der Waals surface area contributed by atoms with Gasteiger partial charge in [0.2, 0.25) is 5.91 Å². The van der Waals surface area contributed by atoms with Crippen molar-refractivity contribution in [2.75, 3.05) is 19.7 Å². The van der Waals surface area contributed by atoms with Crippen LogP contribution in [0, 0.1) is 11.8 Å². The van der Waals surface area contributed by atoms with E-state index in [-0.39, 0.29) is 17.9 Å². The van der Waals surface area contributed by atoms with E-state index in [1.165, 1.54) is 5.56 Å². The minimum Gasteiger partial charge on any atom is -0.481 e. The van der Waals surface area contributed by atoms with E-state index >= 15 is 0 Å². The highest BCUT2D eigenvalue weighted by Gasteiger charge is 2.44. The summed E-state index contributed by atoms with van der Waals surface area (Å²) in [5.74, 6) is -1.64. The molecule has 1 amide bonds. The molecule has 1 saturated carbocycles. The maximum Gasteiger partial charge on any atom is 0.307 e. The summed E-state index contributed by atoms with van der Waals surface area (Å²) in [6.07, 6.45) is 4.24. The number of likely N-dealkylation sites (tertiary alicyclic amines) is 1. The average Bonchev–Trinajstić information content (AvgIpc) is 3.00. The van der Waals surface area contributed by atoms with Crippen LogP contribution >= 0.6 is 0 Å². The van der Waals surface area contributed by atoms with Crippen LogP contribution in [0.1, 0.15) is 31.2 Å². The SMILES string of the molecule is O=C(O)C1CCC1C(=O)N1CCC(OCCCc2ccccc2)C1. The van der Waals surface area contributed by atoms with Crippen molar-refractivity contribution in [1.29, 1.82) is 0 Å². The maximum atomic E-state index is 12.4. The summed E-state index contributed by atoms with van der Waals surface area (Å²) < 4.78 is 5.90. The molecule has 1 aliphatic heterocycles. The van der Waals surface area contributed by atoms with E-state index in [1.54, 1.807) is 4.90 Å². The number of amides is 1. The molecule has 0 radical (unpaired) electrons. The highest BCUT2D eigenvalue weighted by molar-refractivity contribution is 5.86. The third kappa shape index (κ3) is 3.96. The lowest BCUT2D eigenvalue weighted by atomic mass is 9.73. The molecule has 0 aromatic heterocycles. The number of carboxylic acids is 1. The smallest absolute Gasteiger partial charge is 0.307 e. The van der Waals surface area contributed by atoms with Crippen LogP contribution in [0.3, 0.4) is 0 Å². The summed E-state index contributed by atoms with van der Waals surface area (Å²) in [7, 11) is 0. The van der Waals surface area contributed by atoms with E-state index in [9.17, 15) is 9.59 Å². The highest BCUT2D eigenvalue weighted by atomic mass is 16.5. The number of carboxylic acid groups (broad SMARTS) is 1. The minimum atomic E-state index is -0.840. The van der Waals surface area contributed by atoms with Gasteiger partial charge in [0.25, 0.3) is 0 Å². The zero-order chi connectivity index (χ0) is 16.9. The summed E-state index contributed by atoms with van der Waals surface area (Å²) in [6.45, 7) is 1.99. The Kier molecular flexibility index (Phi) is 5.51. The van der Waals surface area contributed by atoms with E-state index in [2.05, 4.69) is 12.1 Å². The molecular weight excluding hydrogens is 306 g/mol. The summed E-state index contributed by atoms with van der Waals surface area (Å²) >= 11 is 0. The van der Waals surface area contributed by atoms with Gasteiger partial charge in [-0.25, -0.2) is 0 Å². The fourth-order valence-corrected chi connectivity index (χ4v) is 3.56. The van der Waals surface area contributed by atoms with Gasteiger partial charge in [-0.15, -0.1) is 0 Å². The standard InChI is InChI=1S/C19H25NO4/c21-18(16-8-9-17(16)19(22)23)20-11-10-15(13-20)24-12-4-7-14-5-2-1-3-6-14/h1-3,5-6,15-17H,4,7-13H2,(H,22,23). The van der Waals surface area contributed by atoms with Crippen LogP contribution < -0.4 is 0 Å². The molecule has 1 aliphatic carbocycles. The number of aryl methyl sites for hydroxylation is 1. The van der Waals surface area contributed by atoms with E-state index < -0.39 is 11.9 Å². The van der Waals surface area contributed by atoms with Crippen molar-refractivity contribution >= 4 is 11.9 Å². The molecule has 3 atom stereocenters. The van der Waals surface area contributed by atoms with Gasteiger partial charge in [-0.1, -0.05) is 30.3 Å². The topological polar surface area (TPSA) is 66.8 Å². The van der Waals surface area contributed by atoms with Crippen LogP contribution in [-0.4, -0.2) is 47.7 Å². The van der Waals surface area contributed by atoms with Gasteiger partial charge in [0.1, 0.15) is 0 Å². The Labute approximate surface area is 142 Å². The van der Waals surface area contributed by atoms with E-state index in [1.807, 2.05) is 18.2 Å². The minimum absolute atomic E-state index is 0.00374. The number of hydrogen-bond acceptors (Lipinski definition) is 3. The zero-order valence-corrected chi connectivity index (χ0v) is 13.9. The number of aliphatic carboxylic acids is 1. The van der Waals surface area contributed by atoms with E-state index in [0.29, 0.717) is 32.5 Å². The molecule has 3 rings (SSSR count). The second-order valence-corrected chi connectivity index (χ2v) is 6.78. The third-order valence-corrected chi connectivity index (χ3v) is 5.17. The molecule has 1 saturated heterocycles. The molecule has 130 valence electrons. The Morgan fingerprint density at radius 2 is 1.88 bits per heavy atom. The lowest BCUT2D eigenvalue weighted by Crippen LogP contribution is -2.45. The van der Waals surface area contributed by atoms with Crippen molar-refractivity contribution < 1.29 is 19.4 Å². The van der Waals surface area contributed by atoms with E-state index in [4.69, 9.17) is 9.84 Å². The quantitative estimate of drug-likeness (QED) is 0.779. The number of hydrogen-bond donors (Lipinski definition) is 1. The summed E-state index contributed by atoms with van der Waals surface area (Å²) in [4.78, 5) is 25.3. The van der Waals surface area contributed by atoms with Gasteiger partial charge in [0.05, 0.1) is 17.9 Å². The Balaban J connectivity index is 1.36. The summed E-state index contributed by atoms with van der Waals surface area (Å²) in [5.41, 5.74) is 1.31. The molecule has 5 heteroatoms. The molecule has 2 fully saturated rings. The van der Waals surface area contributed by atoms with Gasteiger partial charge in [-0.3, -0.25) is 9.59 Å². The normalized spacial score (nSPS) is 26.2. The van der Waals surface area contributed by atoms with Gasteiger partial charge in [0, 0.05) is 19.7 Å². The predicted octanol–water partition coefficient (Wildman–Crippen LogP) is 2.35. The van der Waals surface area contributed by atoms with Gasteiger partial charge in [0.15, 0.2) is 0 Å². The second-order valence-electron chi connectivity index (χ2n) is 6.78. The van der Waals surface area contributed by atoms with Crippen LogP contribution in [0.25, 0.3) is 0 Å². The van der Waals surface area contributed by atoms with Crippen molar-refractivity contribution in [3.63, 3.8) is 0 Å². The van der Waals surface area contributed by atoms with Crippen LogP contribution in [0.2, 0.25) is 0 Å². The summed E-state index contributed by atoms with van der Waals surface area (Å²) in [6, 6.07) is 10.3. The second kappa shape index (κ2) is 7.79. The van der Waals surface area contributed by atoms with Crippen molar-refractivity contribution in [3.8, 4) is 0 Å². The van der Waals surface area contributed by atoms with Crippen molar-refractivity contribution in [3.05, 3.63) is 35.9 Å². The molecule has 2 aliphatic rings. The molecule has 1 N–H and O–H groups in total. The lowest BCUT2D eigenvalue weighted by molar-refractivity contribution is -0.156. The number of nitrogens with zero attached hydrogens (tertiary/aromatic N) is 1. The van der Waals surface area contributed by atoms with Crippen LogP contribution in [0.4, 0.5) is 0 Å². The molecule has 0 spiro atoms. The molecule has 1 aromatic rings. The Hall–Kier alpha value is -1.88. The van der Waals surface area contributed by atoms with Crippen molar-refractivity contribution in [1.82, 2.24) is 4.90 Å². The molecule has 1 heterocycles. The first-order valence-corrected chi connectivity index (χ1v) is 8.82. The van der Waals surface area contributed by atoms with Crippen molar-refractivity contribution in [2.24, 2.45) is 11.8 Å². The van der Waals surface area contributed by atoms with Gasteiger partial charge >= 0.3 is 5.97 Å². The van der Waals surface area contributed by atoms with Crippen LogP contribution in [-0.2, 0) is 20.7 Å². The van der Waals surface area contributed by atoms with E-state index in [0.717, 1.165) is 19.3 Å². The fraction of sp³-hybridized carbons (Fsp3) is 0.579. The number of carbonyl (C=O) groups excluding carboxylic acids is 1. The van der Waals surface area contributed by atoms with Crippen molar-refractivity contribution in [2.45, 2.75) is 38.2 Å². The number of ether oxygens (including phenoxy) is 1. The van der Waals surface area contributed by atoms with Gasteiger partial charge in [-0.05, 0) is 37.7 Å². The Bertz CT molecular complexity index is 574. The predicted molar refractivity (Wildman–Crippen MR) is 89.5 cm³/mol.